The number of nitriles is 1. The molecule has 15 heavy (non-hydrogen) atoms. The molecule has 1 rings (SSSR count). The molecule has 0 amide bonds. The average Bonchev–Trinajstić information content (AvgIpc) is 2.31. The number of thioether (sulfide) groups is 1. The van der Waals surface area contributed by atoms with E-state index in [1.54, 1.807) is 11.8 Å². The topological polar surface area (TPSA) is 27.0 Å². The van der Waals surface area contributed by atoms with Crippen molar-refractivity contribution < 1.29 is 0 Å². The molecule has 0 N–H and O–H groups in total. The highest BCUT2D eigenvalue weighted by Crippen LogP contribution is 2.33. The lowest BCUT2D eigenvalue weighted by atomic mass is 9.97. The molecule has 0 aromatic rings. The Hall–Kier alpha value is -0.640. The Morgan fingerprint density at radius 1 is 1.40 bits per heavy atom. The fourth-order valence-electron chi connectivity index (χ4n) is 1.84. The molecule has 1 heterocycles. The van der Waals surface area contributed by atoms with Gasteiger partial charge in [0.05, 0.1) is 6.07 Å². The first-order valence-electron chi connectivity index (χ1n) is 5.35. The van der Waals surface area contributed by atoms with Crippen LogP contribution in [0.25, 0.3) is 0 Å². The minimum atomic E-state index is -0.118. The van der Waals surface area contributed by atoms with Gasteiger partial charge in [0.25, 0.3) is 0 Å². The summed E-state index contributed by atoms with van der Waals surface area (Å²) in [6, 6.07) is 2.46. The molecule has 0 aliphatic carbocycles. The van der Waals surface area contributed by atoms with Crippen LogP contribution < -0.4 is 0 Å². The summed E-state index contributed by atoms with van der Waals surface area (Å²) in [6.07, 6.45) is 4.98. The Kier molecular flexibility index (Phi) is 5.02. The number of hydrogen-bond acceptors (Lipinski definition) is 3. The van der Waals surface area contributed by atoms with Crippen LogP contribution in [0.4, 0.5) is 0 Å². The largest absolute Gasteiger partial charge is 0.302 e. The van der Waals surface area contributed by atoms with Crippen molar-refractivity contribution in [1.29, 1.82) is 5.26 Å². The third-order valence-corrected chi connectivity index (χ3v) is 4.27. The summed E-state index contributed by atoms with van der Waals surface area (Å²) < 4.78 is -0.118. The number of rotatable bonds is 3. The minimum absolute atomic E-state index is 0.118. The van der Waals surface area contributed by atoms with Gasteiger partial charge in [-0.2, -0.15) is 5.26 Å². The molecule has 1 saturated heterocycles. The van der Waals surface area contributed by atoms with E-state index in [-0.39, 0.29) is 4.75 Å². The summed E-state index contributed by atoms with van der Waals surface area (Å²) in [5, 5.41) is 9.13. The van der Waals surface area contributed by atoms with E-state index in [1.807, 2.05) is 13.2 Å². The van der Waals surface area contributed by atoms with Gasteiger partial charge < -0.3 is 4.90 Å². The maximum atomic E-state index is 9.13. The monoisotopic (exact) mass is 222 g/mol. The molecular formula is C12H18N2S. The predicted molar refractivity (Wildman–Crippen MR) is 65.6 cm³/mol. The van der Waals surface area contributed by atoms with E-state index in [0.29, 0.717) is 0 Å². The van der Waals surface area contributed by atoms with Gasteiger partial charge in [0.15, 0.2) is 0 Å². The Morgan fingerprint density at radius 2 is 2.07 bits per heavy atom. The van der Waals surface area contributed by atoms with Gasteiger partial charge in [0.1, 0.15) is 4.75 Å². The lowest BCUT2D eigenvalue weighted by molar-refractivity contribution is 0.221. The molecule has 82 valence electrons. The Balaban J connectivity index is 2.34. The van der Waals surface area contributed by atoms with Crippen LogP contribution in [0.15, 0.2) is 0 Å². The third kappa shape index (κ3) is 3.45. The van der Waals surface area contributed by atoms with Crippen LogP contribution in [0.1, 0.15) is 26.2 Å². The minimum Gasteiger partial charge on any atom is -0.302 e. The molecule has 0 aromatic carbocycles. The van der Waals surface area contributed by atoms with Crippen LogP contribution in [0.2, 0.25) is 0 Å². The fraction of sp³-hybridized carbons (Fsp3) is 0.750. The van der Waals surface area contributed by atoms with Crippen LogP contribution in [0.5, 0.6) is 0 Å². The number of piperidine rings is 1. The number of likely N-dealkylation sites (tertiary alicyclic amines) is 1. The van der Waals surface area contributed by atoms with Gasteiger partial charge in [0.2, 0.25) is 0 Å². The zero-order valence-corrected chi connectivity index (χ0v) is 10.4. The van der Waals surface area contributed by atoms with Crippen molar-refractivity contribution in [3.8, 4) is 17.9 Å². The van der Waals surface area contributed by atoms with Gasteiger partial charge in [-0.05, 0) is 26.0 Å². The molecule has 0 spiro atoms. The molecule has 0 bridgehead atoms. The van der Waals surface area contributed by atoms with Crippen molar-refractivity contribution >= 4 is 11.8 Å². The van der Waals surface area contributed by atoms with E-state index < -0.39 is 0 Å². The Bertz CT molecular complexity index is 287. The van der Waals surface area contributed by atoms with Gasteiger partial charge in [0, 0.05) is 26.1 Å². The summed E-state index contributed by atoms with van der Waals surface area (Å²) in [5.74, 6) is 6.00. The molecule has 3 heteroatoms. The van der Waals surface area contributed by atoms with E-state index in [4.69, 9.17) is 5.26 Å². The first-order valence-corrected chi connectivity index (χ1v) is 6.57. The molecule has 0 saturated carbocycles. The van der Waals surface area contributed by atoms with Crippen LogP contribution in [0, 0.1) is 23.2 Å². The van der Waals surface area contributed by atoms with Crippen LogP contribution >= 0.6 is 11.8 Å². The second-order valence-electron chi connectivity index (χ2n) is 3.83. The van der Waals surface area contributed by atoms with Crippen molar-refractivity contribution in [3.63, 3.8) is 0 Å². The second-order valence-corrected chi connectivity index (χ2v) is 5.02. The molecule has 0 radical (unpaired) electrons. The van der Waals surface area contributed by atoms with Gasteiger partial charge in [-0.15, -0.1) is 23.6 Å². The van der Waals surface area contributed by atoms with Crippen molar-refractivity contribution in [1.82, 2.24) is 4.90 Å². The standard InChI is InChI=1S/C12H18N2S/c1-3-4-5-8-14-9-6-12(11-13,15-2)7-10-14/h5-10H2,1-2H3. The Labute approximate surface area is 97.0 Å². The van der Waals surface area contributed by atoms with Gasteiger partial charge in [-0.1, -0.05) is 0 Å². The quantitative estimate of drug-likeness (QED) is 0.684. The third-order valence-electron chi connectivity index (χ3n) is 2.99. The summed E-state index contributed by atoms with van der Waals surface area (Å²) in [4.78, 5) is 2.41. The first kappa shape index (κ1) is 12.4. The summed E-state index contributed by atoms with van der Waals surface area (Å²) in [7, 11) is 0. The number of nitrogens with zero attached hydrogens (tertiary/aromatic N) is 2. The fourth-order valence-corrected chi connectivity index (χ4v) is 2.52. The molecule has 0 unspecified atom stereocenters. The normalized spacial score (nSPS) is 20.1. The maximum Gasteiger partial charge on any atom is 0.104 e. The van der Waals surface area contributed by atoms with E-state index >= 15 is 0 Å². The molecule has 1 aliphatic rings. The Morgan fingerprint density at radius 3 is 2.53 bits per heavy atom. The SMILES string of the molecule is CC#CCCN1CCC(C#N)(SC)CC1. The zero-order chi connectivity index (χ0) is 11.1. The van der Waals surface area contributed by atoms with Crippen molar-refractivity contribution in [3.05, 3.63) is 0 Å². The average molecular weight is 222 g/mol. The molecule has 1 aliphatic heterocycles. The van der Waals surface area contributed by atoms with E-state index in [9.17, 15) is 0 Å². The smallest absolute Gasteiger partial charge is 0.104 e. The van der Waals surface area contributed by atoms with Crippen LogP contribution in [0.3, 0.4) is 0 Å². The van der Waals surface area contributed by atoms with Gasteiger partial charge in [-0.3, -0.25) is 0 Å². The number of hydrogen-bond donors (Lipinski definition) is 0. The molecular weight excluding hydrogens is 204 g/mol. The molecule has 0 atom stereocenters. The first-order chi connectivity index (χ1) is 7.26. The molecule has 1 fully saturated rings. The highest BCUT2D eigenvalue weighted by atomic mass is 32.2. The highest BCUT2D eigenvalue weighted by Gasteiger charge is 2.33. The zero-order valence-electron chi connectivity index (χ0n) is 9.55. The summed E-state index contributed by atoms with van der Waals surface area (Å²) in [5.41, 5.74) is 0. The van der Waals surface area contributed by atoms with Crippen molar-refractivity contribution in [2.24, 2.45) is 0 Å². The molecule has 2 nitrogen and oxygen atoms in total. The lowest BCUT2D eigenvalue weighted by Gasteiger charge is -2.35. The van der Waals surface area contributed by atoms with Crippen LogP contribution in [-0.4, -0.2) is 35.5 Å². The summed E-state index contributed by atoms with van der Waals surface area (Å²) >= 11 is 1.71. The second kappa shape index (κ2) is 6.05. The highest BCUT2D eigenvalue weighted by molar-refractivity contribution is 8.00. The van der Waals surface area contributed by atoms with Crippen molar-refractivity contribution in [2.75, 3.05) is 25.9 Å². The maximum absolute atomic E-state index is 9.13. The van der Waals surface area contributed by atoms with E-state index in [1.165, 1.54) is 0 Å². The molecule has 0 aromatic heterocycles. The predicted octanol–water partition coefficient (Wildman–Crippen LogP) is 2.12. The van der Waals surface area contributed by atoms with Gasteiger partial charge in [-0.25, -0.2) is 0 Å². The summed E-state index contributed by atoms with van der Waals surface area (Å²) in [6.45, 7) is 5.01. The van der Waals surface area contributed by atoms with Crippen molar-refractivity contribution in [2.45, 2.75) is 30.9 Å². The van der Waals surface area contributed by atoms with E-state index in [2.05, 4.69) is 22.8 Å². The van der Waals surface area contributed by atoms with E-state index in [0.717, 1.165) is 38.9 Å². The van der Waals surface area contributed by atoms with Gasteiger partial charge >= 0.3 is 0 Å². The van der Waals surface area contributed by atoms with Crippen LogP contribution in [-0.2, 0) is 0 Å². The lowest BCUT2D eigenvalue weighted by Crippen LogP contribution is -2.41.